The summed E-state index contributed by atoms with van der Waals surface area (Å²) in [4.78, 5) is 5.51. The first-order chi connectivity index (χ1) is 12.7. The van der Waals surface area contributed by atoms with Crippen LogP contribution >= 0.6 is 11.3 Å². The van der Waals surface area contributed by atoms with Crippen LogP contribution in [0.15, 0.2) is 42.6 Å². The number of rotatable bonds is 3. The Balaban J connectivity index is 1.58. The van der Waals surface area contributed by atoms with E-state index in [2.05, 4.69) is 10.3 Å². The molecule has 1 N–H and O–H groups in total. The van der Waals surface area contributed by atoms with Gasteiger partial charge in [0.1, 0.15) is 11.6 Å². The molecule has 1 unspecified atom stereocenters. The highest BCUT2D eigenvalue weighted by molar-refractivity contribution is 7.23. The third-order valence-electron chi connectivity index (χ3n) is 5.10. The first kappa shape index (κ1) is 15.8. The Labute approximate surface area is 154 Å². The van der Waals surface area contributed by atoms with Crippen LogP contribution in [0.2, 0.25) is 0 Å². The number of fused-ring (bicyclic) bond motifs is 3. The molecule has 0 spiro atoms. The summed E-state index contributed by atoms with van der Waals surface area (Å²) in [5, 5.41) is 3.33. The van der Waals surface area contributed by atoms with Gasteiger partial charge < -0.3 is 10.1 Å². The van der Waals surface area contributed by atoms with Gasteiger partial charge in [0.05, 0.1) is 23.0 Å². The Morgan fingerprint density at radius 3 is 2.96 bits per heavy atom. The van der Waals surface area contributed by atoms with E-state index in [0.717, 1.165) is 46.0 Å². The average molecular weight is 367 g/mol. The largest absolute Gasteiger partial charge is 0.497 e. The van der Waals surface area contributed by atoms with Crippen LogP contribution in [0.3, 0.4) is 0 Å². The lowest BCUT2D eigenvalue weighted by atomic mass is 9.96. The van der Waals surface area contributed by atoms with Crippen molar-refractivity contribution in [3.63, 3.8) is 0 Å². The van der Waals surface area contributed by atoms with E-state index < -0.39 is 0 Å². The van der Waals surface area contributed by atoms with Crippen molar-refractivity contribution in [1.29, 1.82) is 0 Å². The molecule has 4 aromatic rings. The topological polar surface area (TPSA) is 38.6 Å². The summed E-state index contributed by atoms with van der Waals surface area (Å²) in [5.41, 5.74) is 3.30. The number of nitrogens with zero attached hydrogens (tertiary/aromatic N) is 2. The van der Waals surface area contributed by atoms with Crippen LogP contribution < -0.4 is 10.1 Å². The number of hydrogen-bond donors (Lipinski definition) is 1. The summed E-state index contributed by atoms with van der Waals surface area (Å²) in [6.07, 6.45) is 2.97. The van der Waals surface area contributed by atoms with Crippen molar-refractivity contribution in [2.24, 2.45) is 0 Å². The van der Waals surface area contributed by atoms with Crippen LogP contribution in [0.4, 0.5) is 4.39 Å². The molecule has 2 aromatic carbocycles. The lowest BCUT2D eigenvalue weighted by Gasteiger charge is -2.10. The molecule has 0 bridgehead atoms. The van der Waals surface area contributed by atoms with E-state index in [0.29, 0.717) is 17.2 Å². The number of nitrogens with one attached hydrogen (secondary N) is 1. The van der Waals surface area contributed by atoms with Gasteiger partial charge in [-0.1, -0.05) is 17.4 Å². The van der Waals surface area contributed by atoms with Crippen molar-refractivity contribution in [2.45, 2.75) is 12.3 Å². The predicted octanol–water partition coefficient (Wildman–Crippen LogP) is 4.44. The highest BCUT2D eigenvalue weighted by atomic mass is 32.1. The average Bonchev–Trinajstić information content (AvgIpc) is 3.37. The zero-order valence-electron chi connectivity index (χ0n) is 14.3. The van der Waals surface area contributed by atoms with Crippen LogP contribution in [0, 0.1) is 5.82 Å². The maximum Gasteiger partial charge on any atom is 0.195 e. The molecule has 132 valence electrons. The molecule has 4 nitrogen and oxygen atoms in total. The number of aromatic nitrogens is 2. The minimum Gasteiger partial charge on any atom is -0.497 e. The maximum absolute atomic E-state index is 14.8. The van der Waals surface area contributed by atoms with Crippen LogP contribution in [-0.2, 0) is 0 Å². The van der Waals surface area contributed by atoms with Gasteiger partial charge in [0.15, 0.2) is 4.96 Å². The number of ether oxygens (including phenoxy) is 1. The minimum atomic E-state index is -0.206. The van der Waals surface area contributed by atoms with E-state index in [-0.39, 0.29) is 5.82 Å². The Morgan fingerprint density at radius 2 is 2.19 bits per heavy atom. The molecular weight excluding hydrogens is 349 g/mol. The molecule has 6 heteroatoms. The van der Waals surface area contributed by atoms with Crippen molar-refractivity contribution in [1.82, 2.24) is 14.7 Å². The summed E-state index contributed by atoms with van der Waals surface area (Å²) < 4.78 is 23.2. The van der Waals surface area contributed by atoms with Gasteiger partial charge in [0.25, 0.3) is 0 Å². The highest BCUT2D eigenvalue weighted by Crippen LogP contribution is 2.33. The van der Waals surface area contributed by atoms with Crippen molar-refractivity contribution < 1.29 is 9.13 Å². The second kappa shape index (κ2) is 6.07. The van der Waals surface area contributed by atoms with Crippen LogP contribution in [0.1, 0.15) is 17.9 Å². The predicted molar refractivity (Wildman–Crippen MR) is 103 cm³/mol. The fourth-order valence-corrected chi connectivity index (χ4v) is 4.65. The third-order valence-corrected chi connectivity index (χ3v) is 6.14. The van der Waals surface area contributed by atoms with Gasteiger partial charge in [0.2, 0.25) is 0 Å². The molecule has 0 saturated carbocycles. The Bertz CT molecular complexity index is 1110. The molecule has 1 atom stereocenters. The van der Waals surface area contributed by atoms with E-state index in [9.17, 15) is 4.39 Å². The van der Waals surface area contributed by atoms with Gasteiger partial charge >= 0.3 is 0 Å². The normalized spacial score (nSPS) is 17.4. The second-order valence-electron chi connectivity index (χ2n) is 6.64. The minimum absolute atomic E-state index is 0.206. The zero-order valence-corrected chi connectivity index (χ0v) is 15.1. The fourth-order valence-electron chi connectivity index (χ4n) is 3.67. The number of imidazole rings is 1. The standard InChI is InChI=1S/C20H18FN3OS/c1-25-14-3-5-19-18(9-14)24-11-17(23-20(24)26-19)15-4-2-12(8-16(15)21)13-6-7-22-10-13/h2-5,8-9,11,13,22H,6-7,10H2,1H3. The van der Waals surface area contributed by atoms with Gasteiger partial charge in [-0.15, -0.1) is 0 Å². The molecule has 1 saturated heterocycles. The van der Waals surface area contributed by atoms with E-state index in [1.54, 1.807) is 24.5 Å². The summed E-state index contributed by atoms with van der Waals surface area (Å²) in [5.74, 6) is 0.996. The number of thiazole rings is 1. The highest BCUT2D eigenvalue weighted by Gasteiger charge is 2.19. The Kier molecular flexibility index (Phi) is 3.69. The van der Waals surface area contributed by atoms with Crippen LogP contribution in [0.5, 0.6) is 5.75 Å². The molecule has 2 aromatic heterocycles. The second-order valence-corrected chi connectivity index (χ2v) is 7.65. The number of hydrogen-bond acceptors (Lipinski definition) is 4. The molecule has 26 heavy (non-hydrogen) atoms. The maximum atomic E-state index is 14.8. The first-order valence-electron chi connectivity index (χ1n) is 8.69. The van der Waals surface area contributed by atoms with Crippen molar-refractivity contribution in [2.75, 3.05) is 20.2 Å². The summed E-state index contributed by atoms with van der Waals surface area (Å²) >= 11 is 1.59. The molecule has 1 aliphatic rings. The lowest BCUT2D eigenvalue weighted by Crippen LogP contribution is -2.08. The summed E-state index contributed by atoms with van der Waals surface area (Å²) in [7, 11) is 1.65. The number of benzene rings is 2. The SMILES string of the molecule is COc1ccc2sc3nc(-c4ccc(C5CCNC5)cc4F)cn3c2c1. The van der Waals surface area contributed by atoms with Crippen LogP contribution in [-0.4, -0.2) is 29.6 Å². The Morgan fingerprint density at radius 1 is 1.27 bits per heavy atom. The molecular formula is C20H18FN3OS. The lowest BCUT2D eigenvalue weighted by molar-refractivity contribution is 0.415. The van der Waals surface area contributed by atoms with Gasteiger partial charge in [-0.25, -0.2) is 9.37 Å². The quantitative estimate of drug-likeness (QED) is 0.582. The summed E-state index contributed by atoms with van der Waals surface area (Å²) in [6.45, 7) is 1.93. The molecule has 1 fully saturated rings. The molecule has 0 radical (unpaired) electrons. The van der Waals surface area contributed by atoms with Gasteiger partial charge in [-0.2, -0.15) is 0 Å². The van der Waals surface area contributed by atoms with Crippen molar-refractivity contribution >= 4 is 26.5 Å². The third kappa shape index (κ3) is 2.48. The van der Waals surface area contributed by atoms with Crippen molar-refractivity contribution in [3.8, 4) is 17.0 Å². The van der Waals surface area contributed by atoms with Gasteiger partial charge in [-0.05, 0) is 48.7 Å². The smallest absolute Gasteiger partial charge is 0.195 e. The molecule has 1 aliphatic heterocycles. The number of halogens is 1. The van der Waals surface area contributed by atoms with E-state index in [1.165, 1.54) is 0 Å². The molecule has 5 rings (SSSR count). The fraction of sp³-hybridized carbons (Fsp3) is 0.250. The Hall–Kier alpha value is -2.44. The van der Waals surface area contributed by atoms with Gasteiger partial charge in [-0.3, -0.25) is 4.40 Å². The van der Waals surface area contributed by atoms with Crippen molar-refractivity contribution in [3.05, 3.63) is 54.0 Å². The first-order valence-corrected chi connectivity index (χ1v) is 9.51. The summed E-state index contributed by atoms with van der Waals surface area (Å²) in [6, 6.07) is 11.5. The molecule has 3 heterocycles. The monoisotopic (exact) mass is 367 g/mol. The van der Waals surface area contributed by atoms with E-state index >= 15 is 0 Å². The molecule has 0 aliphatic carbocycles. The van der Waals surface area contributed by atoms with E-state index in [4.69, 9.17) is 4.74 Å². The zero-order chi connectivity index (χ0) is 17.7. The van der Waals surface area contributed by atoms with Gasteiger partial charge in [0, 0.05) is 24.4 Å². The number of methoxy groups -OCH3 is 1. The molecule has 0 amide bonds. The van der Waals surface area contributed by atoms with Crippen LogP contribution in [0.25, 0.3) is 26.4 Å². The van der Waals surface area contributed by atoms with E-state index in [1.807, 2.05) is 40.9 Å².